The normalized spacial score (nSPS) is 10.4. The van der Waals surface area contributed by atoms with Crippen LogP contribution < -0.4 is 11.1 Å². The minimum absolute atomic E-state index is 0.143. The van der Waals surface area contributed by atoms with Gasteiger partial charge in [-0.1, -0.05) is 6.07 Å². The lowest BCUT2D eigenvalue weighted by atomic mass is 10.2. The Balaban J connectivity index is 1.92. The second kappa shape index (κ2) is 6.49. The standard InChI is InChI=1S/C15H17N3O2S/c1-10-5-6-11(16)13(8-10)21-9-14(19)17-15(20)12-4-3-7-18(12)2/h3-8H,9,16H2,1-2H3,(H,17,19,20). The number of thioether (sulfide) groups is 1. The third-order valence-corrected chi connectivity index (χ3v) is 4.03. The molecule has 0 aliphatic heterocycles. The van der Waals surface area contributed by atoms with Gasteiger partial charge in [-0.2, -0.15) is 0 Å². The van der Waals surface area contributed by atoms with Gasteiger partial charge in [0.2, 0.25) is 5.91 Å². The van der Waals surface area contributed by atoms with Crippen LogP contribution in [0.3, 0.4) is 0 Å². The summed E-state index contributed by atoms with van der Waals surface area (Å²) in [6.45, 7) is 1.96. The van der Waals surface area contributed by atoms with Gasteiger partial charge >= 0.3 is 0 Å². The quantitative estimate of drug-likeness (QED) is 0.668. The molecule has 0 saturated heterocycles. The maximum absolute atomic E-state index is 11.9. The Labute approximate surface area is 127 Å². The number of benzene rings is 1. The third-order valence-electron chi connectivity index (χ3n) is 2.96. The fourth-order valence-electron chi connectivity index (χ4n) is 1.83. The van der Waals surface area contributed by atoms with Crippen molar-refractivity contribution in [3.8, 4) is 0 Å². The van der Waals surface area contributed by atoms with Crippen molar-refractivity contribution in [3.63, 3.8) is 0 Å². The summed E-state index contributed by atoms with van der Waals surface area (Å²) in [5.41, 5.74) is 8.01. The van der Waals surface area contributed by atoms with E-state index in [0.717, 1.165) is 10.5 Å². The van der Waals surface area contributed by atoms with Crippen molar-refractivity contribution in [3.05, 3.63) is 47.8 Å². The Morgan fingerprint density at radius 3 is 2.76 bits per heavy atom. The molecule has 0 fully saturated rings. The third kappa shape index (κ3) is 3.88. The van der Waals surface area contributed by atoms with Crippen LogP contribution in [0, 0.1) is 6.92 Å². The first-order valence-corrected chi connectivity index (χ1v) is 7.40. The number of hydrogen-bond donors (Lipinski definition) is 2. The van der Waals surface area contributed by atoms with E-state index in [2.05, 4.69) is 5.32 Å². The average Bonchev–Trinajstić information content (AvgIpc) is 2.86. The van der Waals surface area contributed by atoms with E-state index in [-0.39, 0.29) is 11.7 Å². The molecule has 1 aromatic heterocycles. The van der Waals surface area contributed by atoms with Gasteiger partial charge in [0, 0.05) is 23.8 Å². The van der Waals surface area contributed by atoms with Gasteiger partial charge in [-0.25, -0.2) is 0 Å². The monoisotopic (exact) mass is 303 g/mol. The highest BCUT2D eigenvalue weighted by atomic mass is 32.2. The van der Waals surface area contributed by atoms with E-state index in [1.54, 1.807) is 29.9 Å². The van der Waals surface area contributed by atoms with Crippen molar-refractivity contribution in [2.75, 3.05) is 11.5 Å². The van der Waals surface area contributed by atoms with E-state index in [0.29, 0.717) is 11.4 Å². The molecule has 0 radical (unpaired) electrons. The van der Waals surface area contributed by atoms with Crippen LogP contribution >= 0.6 is 11.8 Å². The van der Waals surface area contributed by atoms with Crippen LogP contribution in [0.5, 0.6) is 0 Å². The number of aromatic nitrogens is 1. The Hall–Kier alpha value is -2.21. The maximum atomic E-state index is 11.9. The van der Waals surface area contributed by atoms with Crippen molar-refractivity contribution < 1.29 is 9.59 Å². The summed E-state index contributed by atoms with van der Waals surface area (Å²) in [5.74, 6) is -0.596. The van der Waals surface area contributed by atoms with Crippen LogP contribution in [0.4, 0.5) is 5.69 Å². The highest BCUT2D eigenvalue weighted by molar-refractivity contribution is 8.00. The SMILES string of the molecule is Cc1ccc(N)c(SCC(=O)NC(=O)c2cccn2C)c1. The first-order chi connectivity index (χ1) is 9.97. The number of amides is 2. The van der Waals surface area contributed by atoms with Crippen molar-refractivity contribution >= 4 is 29.3 Å². The lowest BCUT2D eigenvalue weighted by molar-refractivity contribution is -0.117. The summed E-state index contributed by atoms with van der Waals surface area (Å²) in [5, 5.41) is 2.37. The molecule has 0 unspecified atom stereocenters. The van der Waals surface area contributed by atoms with Crippen molar-refractivity contribution in [1.82, 2.24) is 9.88 Å². The van der Waals surface area contributed by atoms with Gasteiger partial charge in [0.05, 0.1) is 5.75 Å². The van der Waals surface area contributed by atoms with E-state index in [4.69, 9.17) is 5.73 Å². The zero-order valence-electron chi connectivity index (χ0n) is 11.9. The van der Waals surface area contributed by atoms with Crippen LogP contribution in [0.15, 0.2) is 41.4 Å². The van der Waals surface area contributed by atoms with Crippen LogP contribution in [-0.2, 0) is 11.8 Å². The number of imide groups is 1. The molecule has 2 amide bonds. The van der Waals surface area contributed by atoms with Gasteiger partial charge in [0.1, 0.15) is 5.69 Å². The van der Waals surface area contributed by atoms with Gasteiger partial charge in [0.25, 0.3) is 5.91 Å². The maximum Gasteiger partial charge on any atom is 0.274 e. The van der Waals surface area contributed by atoms with Crippen LogP contribution in [0.1, 0.15) is 16.1 Å². The molecule has 110 valence electrons. The van der Waals surface area contributed by atoms with Gasteiger partial charge in [-0.05, 0) is 36.8 Å². The summed E-state index contributed by atoms with van der Waals surface area (Å²) >= 11 is 1.32. The second-order valence-corrected chi connectivity index (χ2v) is 5.73. The summed E-state index contributed by atoms with van der Waals surface area (Å²) in [6, 6.07) is 9.06. The molecule has 0 aliphatic carbocycles. The lowest BCUT2D eigenvalue weighted by Gasteiger charge is -2.07. The molecule has 0 saturated carbocycles. The summed E-state index contributed by atoms with van der Waals surface area (Å²) in [4.78, 5) is 24.6. The Bertz CT molecular complexity index is 679. The molecule has 0 atom stereocenters. The number of nitrogens with two attached hydrogens (primary N) is 1. The number of nitrogens with one attached hydrogen (secondary N) is 1. The molecule has 21 heavy (non-hydrogen) atoms. The fourth-order valence-corrected chi connectivity index (χ4v) is 2.70. The van der Waals surface area contributed by atoms with Crippen LogP contribution in [0.2, 0.25) is 0 Å². The number of nitrogens with zero attached hydrogens (tertiary/aromatic N) is 1. The van der Waals surface area contributed by atoms with Gasteiger partial charge < -0.3 is 10.3 Å². The number of anilines is 1. The molecule has 1 aromatic carbocycles. The molecule has 5 nitrogen and oxygen atoms in total. The van der Waals surface area contributed by atoms with E-state index >= 15 is 0 Å². The highest BCUT2D eigenvalue weighted by Crippen LogP contribution is 2.25. The summed E-state index contributed by atoms with van der Waals surface area (Å²) in [7, 11) is 1.75. The molecular formula is C15H17N3O2S. The molecule has 0 bridgehead atoms. The molecule has 2 rings (SSSR count). The zero-order chi connectivity index (χ0) is 15.4. The van der Waals surface area contributed by atoms with Crippen molar-refractivity contribution in [2.45, 2.75) is 11.8 Å². The first-order valence-electron chi connectivity index (χ1n) is 6.42. The van der Waals surface area contributed by atoms with Crippen LogP contribution in [-0.4, -0.2) is 22.1 Å². The van der Waals surface area contributed by atoms with Crippen molar-refractivity contribution in [2.24, 2.45) is 7.05 Å². The lowest BCUT2D eigenvalue weighted by Crippen LogP contribution is -2.32. The topological polar surface area (TPSA) is 77.1 Å². The Morgan fingerprint density at radius 1 is 1.33 bits per heavy atom. The predicted octanol–water partition coefficient (Wildman–Crippen LogP) is 1.96. The van der Waals surface area contributed by atoms with Crippen molar-refractivity contribution in [1.29, 1.82) is 0 Å². The Kier molecular flexibility index (Phi) is 4.70. The van der Waals surface area contributed by atoms with Gasteiger partial charge in [0.15, 0.2) is 0 Å². The molecule has 0 aliphatic rings. The minimum atomic E-state index is -0.398. The minimum Gasteiger partial charge on any atom is -0.398 e. The van der Waals surface area contributed by atoms with Gasteiger partial charge in [-0.3, -0.25) is 14.9 Å². The molecule has 6 heteroatoms. The number of aryl methyl sites for hydroxylation is 2. The highest BCUT2D eigenvalue weighted by Gasteiger charge is 2.13. The van der Waals surface area contributed by atoms with E-state index < -0.39 is 5.91 Å². The van der Waals surface area contributed by atoms with E-state index in [9.17, 15) is 9.59 Å². The predicted molar refractivity (Wildman–Crippen MR) is 84.2 cm³/mol. The zero-order valence-corrected chi connectivity index (χ0v) is 12.7. The number of hydrogen-bond acceptors (Lipinski definition) is 4. The summed E-state index contributed by atoms with van der Waals surface area (Å²) in [6.07, 6.45) is 1.75. The Morgan fingerprint density at radius 2 is 2.10 bits per heavy atom. The average molecular weight is 303 g/mol. The fraction of sp³-hybridized carbons (Fsp3) is 0.200. The molecule has 1 heterocycles. The number of carbonyl (C=O) groups is 2. The number of rotatable bonds is 4. The first kappa shape index (κ1) is 15.2. The van der Waals surface area contributed by atoms with E-state index in [1.807, 2.05) is 25.1 Å². The number of carbonyl (C=O) groups excluding carboxylic acids is 2. The second-order valence-electron chi connectivity index (χ2n) is 4.71. The van der Waals surface area contributed by atoms with Crippen LogP contribution in [0.25, 0.3) is 0 Å². The number of nitrogen functional groups attached to an aromatic ring is 1. The largest absolute Gasteiger partial charge is 0.398 e. The molecule has 3 N–H and O–H groups in total. The summed E-state index contributed by atoms with van der Waals surface area (Å²) < 4.78 is 1.66. The molecule has 2 aromatic rings. The molecule has 0 spiro atoms. The van der Waals surface area contributed by atoms with Gasteiger partial charge in [-0.15, -0.1) is 11.8 Å². The molecular weight excluding hydrogens is 286 g/mol. The van der Waals surface area contributed by atoms with E-state index in [1.165, 1.54) is 11.8 Å². The smallest absolute Gasteiger partial charge is 0.274 e.